The summed E-state index contributed by atoms with van der Waals surface area (Å²) in [6, 6.07) is 118. The lowest BCUT2D eigenvalue weighted by molar-refractivity contribution is 0.661. The summed E-state index contributed by atoms with van der Waals surface area (Å²) >= 11 is 5.62. The van der Waals surface area contributed by atoms with Crippen LogP contribution in [-0.2, 0) is 5.41 Å². The average molecular weight is 1250 g/mol. The van der Waals surface area contributed by atoms with E-state index in [0.717, 1.165) is 28.4 Å². The Bertz CT molecular complexity index is 6110. The van der Waals surface area contributed by atoms with Crippen LogP contribution in [0.25, 0.3) is 138 Å². The number of nitrogens with zero attached hydrogens (tertiary/aromatic N) is 2. The zero-order chi connectivity index (χ0) is 62.2. The highest BCUT2D eigenvalue weighted by Gasteiger charge is 2.39. The van der Waals surface area contributed by atoms with E-state index >= 15 is 0 Å². The first kappa shape index (κ1) is 54.8. The topological polar surface area (TPSA) is 6.48 Å². The number of rotatable bonds is 10. The molecule has 18 aromatic rings. The van der Waals surface area contributed by atoms with E-state index in [1.807, 2.05) is 34.0 Å². The van der Waals surface area contributed by atoms with Gasteiger partial charge in [-0.1, -0.05) is 238 Å². The largest absolute Gasteiger partial charge is 0.309 e. The van der Waals surface area contributed by atoms with E-state index in [9.17, 15) is 0 Å². The number of hydrogen-bond donors (Lipinski definition) is 0. The molecule has 442 valence electrons. The molecule has 0 bridgehead atoms. The van der Waals surface area contributed by atoms with Crippen LogP contribution in [-0.4, -0.2) is 0 Å². The van der Waals surface area contributed by atoms with E-state index in [0.29, 0.717) is 0 Å². The molecule has 0 N–H and O–H groups in total. The fraction of sp³-hybridized carbons (Fsp3) is 0.0337. The van der Waals surface area contributed by atoms with Crippen LogP contribution in [0.2, 0.25) is 0 Å². The Labute approximate surface area is 557 Å². The van der Waals surface area contributed by atoms with E-state index in [2.05, 4.69) is 339 Å². The highest BCUT2D eigenvalue weighted by Crippen LogP contribution is 2.57. The van der Waals surface area contributed by atoms with E-state index in [1.165, 1.54) is 155 Å². The third-order valence-electron chi connectivity index (χ3n) is 19.8. The van der Waals surface area contributed by atoms with Crippen molar-refractivity contribution in [2.24, 2.45) is 0 Å². The van der Waals surface area contributed by atoms with Crippen molar-refractivity contribution in [2.45, 2.75) is 19.3 Å². The number of fused-ring (bicyclic) bond motifs is 14. The van der Waals surface area contributed by atoms with Gasteiger partial charge in [0.05, 0.1) is 28.4 Å². The average Bonchev–Trinajstić information content (AvgIpc) is 1.49. The molecule has 15 aromatic carbocycles. The minimum absolute atomic E-state index is 0.247. The molecule has 3 heterocycles. The molecule has 0 saturated heterocycles. The number of para-hydroxylation sites is 2. The molecular weight excluding hydrogens is 1190 g/mol. The summed E-state index contributed by atoms with van der Waals surface area (Å²) in [6.07, 6.45) is 0. The van der Waals surface area contributed by atoms with E-state index in [-0.39, 0.29) is 5.41 Å². The highest BCUT2D eigenvalue weighted by molar-refractivity contribution is 7.26. The van der Waals surface area contributed by atoms with Crippen LogP contribution in [0.1, 0.15) is 25.0 Å². The Morgan fingerprint density at radius 3 is 1.39 bits per heavy atom. The molecular formula is C89H58N2S3. The quantitative estimate of drug-likeness (QED) is 0.135. The summed E-state index contributed by atoms with van der Waals surface area (Å²) in [5, 5.41) is 12.6. The first-order valence-electron chi connectivity index (χ1n) is 32.3. The Hall–Kier alpha value is -10.9. The minimum atomic E-state index is -0.247. The summed E-state index contributed by atoms with van der Waals surface area (Å²) in [7, 11) is 0. The molecule has 19 rings (SSSR count). The summed E-state index contributed by atoms with van der Waals surface area (Å²) in [5.74, 6) is 0. The van der Waals surface area contributed by atoms with Crippen LogP contribution in [0.4, 0.5) is 34.1 Å². The van der Waals surface area contributed by atoms with Gasteiger partial charge in [0.15, 0.2) is 0 Å². The van der Waals surface area contributed by atoms with Gasteiger partial charge in [-0.25, -0.2) is 0 Å². The predicted molar refractivity (Wildman–Crippen MR) is 409 cm³/mol. The Kier molecular flexibility index (Phi) is 12.6. The number of thiophene rings is 3. The van der Waals surface area contributed by atoms with Crippen LogP contribution in [0.3, 0.4) is 0 Å². The molecule has 5 heteroatoms. The fourth-order valence-electron chi connectivity index (χ4n) is 15.6. The lowest BCUT2D eigenvalue weighted by Gasteiger charge is -2.34. The zero-order valence-electron chi connectivity index (χ0n) is 51.6. The second kappa shape index (κ2) is 21.6. The molecule has 1 aliphatic carbocycles. The smallest absolute Gasteiger partial charge is 0.0540 e. The molecule has 0 unspecified atom stereocenters. The molecule has 0 radical (unpaired) electrons. The van der Waals surface area contributed by atoms with Gasteiger partial charge in [-0.3, -0.25) is 0 Å². The maximum absolute atomic E-state index is 2.58. The maximum atomic E-state index is 2.58. The van der Waals surface area contributed by atoms with Gasteiger partial charge in [-0.05, 0) is 157 Å². The molecule has 0 saturated carbocycles. The van der Waals surface area contributed by atoms with Crippen molar-refractivity contribution in [3.63, 3.8) is 0 Å². The summed E-state index contributed by atoms with van der Waals surface area (Å²) in [4.78, 5) is 5.05. The second-order valence-corrected chi connectivity index (χ2v) is 28.7. The molecule has 2 nitrogen and oxygen atoms in total. The SMILES string of the molecule is CC1(C)c2ccccc2-c2cccc(N(c3ccccc3-c3cccc4sc5ccccc5c34)c3cccc4cc(-c5ccc6c(c5)sc5ccc(-c7ccc(N(c8ccccc8-c8cccc9sc%10ccccc%10c89)c8cccc9ccccc89)cc7)cc56)ccc34)c21. The van der Waals surface area contributed by atoms with Crippen molar-refractivity contribution in [1.82, 2.24) is 0 Å². The van der Waals surface area contributed by atoms with Crippen molar-refractivity contribution >= 4 is 150 Å². The van der Waals surface area contributed by atoms with Crippen molar-refractivity contribution < 1.29 is 0 Å². The second-order valence-electron chi connectivity index (χ2n) is 25.4. The van der Waals surface area contributed by atoms with E-state index in [4.69, 9.17) is 0 Å². The molecule has 0 aliphatic heterocycles. The third kappa shape index (κ3) is 8.59. The number of benzene rings is 15. The highest BCUT2D eigenvalue weighted by atomic mass is 32.1. The molecule has 0 atom stereocenters. The normalized spacial score (nSPS) is 12.7. The van der Waals surface area contributed by atoms with Gasteiger partial charge in [0, 0.05) is 93.5 Å². The first-order chi connectivity index (χ1) is 46.4. The van der Waals surface area contributed by atoms with Crippen LogP contribution in [0, 0.1) is 0 Å². The van der Waals surface area contributed by atoms with Crippen molar-refractivity contribution in [3.8, 4) is 55.6 Å². The molecule has 3 aromatic heterocycles. The summed E-state index contributed by atoms with van der Waals surface area (Å²) in [6.45, 7) is 4.81. The minimum Gasteiger partial charge on any atom is -0.309 e. The number of anilines is 6. The monoisotopic (exact) mass is 1250 g/mol. The van der Waals surface area contributed by atoms with Gasteiger partial charge in [0.1, 0.15) is 0 Å². The van der Waals surface area contributed by atoms with E-state index < -0.39 is 0 Å². The zero-order valence-corrected chi connectivity index (χ0v) is 54.1. The predicted octanol–water partition coefficient (Wildman–Crippen LogP) is 27.0. The van der Waals surface area contributed by atoms with Crippen LogP contribution in [0.5, 0.6) is 0 Å². The molecule has 0 amide bonds. The summed E-state index contributed by atoms with van der Waals surface area (Å²) in [5.41, 5.74) is 21.6. The lowest BCUT2D eigenvalue weighted by atomic mass is 9.81. The van der Waals surface area contributed by atoms with Crippen LogP contribution < -0.4 is 9.80 Å². The van der Waals surface area contributed by atoms with Crippen LogP contribution >= 0.6 is 34.0 Å². The van der Waals surface area contributed by atoms with Gasteiger partial charge < -0.3 is 9.80 Å². The van der Waals surface area contributed by atoms with Gasteiger partial charge in [-0.2, -0.15) is 0 Å². The van der Waals surface area contributed by atoms with Crippen LogP contribution in [0.15, 0.2) is 315 Å². The van der Waals surface area contributed by atoms with Crippen molar-refractivity contribution in [3.05, 3.63) is 327 Å². The third-order valence-corrected chi connectivity index (χ3v) is 23.2. The van der Waals surface area contributed by atoms with E-state index in [1.54, 1.807) is 0 Å². The first-order valence-corrected chi connectivity index (χ1v) is 34.7. The van der Waals surface area contributed by atoms with Crippen molar-refractivity contribution in [1.29, 1.82) is 0 Å². The fourth-order valence-corrected chi connectivity index (χ4v) is 19.0. The Morgan fingerprint density at radius 1 is 0.245 bits per heavy atom. The Morgan fingerprint density at radius 2 is 0.681 bits per heavy atom. The molecule has 94 heavy (non-hydrogen) atoms. The van der Waals surface area contributed by atoms with Gasteiger partial charge in [0.25, 0.3) is 0 Å². The van der Waals surface area contributed by atoms with Gasteiger partial charge in [-0.15, -0.1) is 34.0 Å². The summed E-state index contributed by atoms with van der Waals surface area (Å²) < 4.78 is 7.77. The maximum Gasteiger partial charge on any atom is 0.0540 e. The van der Waals surface area contributed by atoms with Crippen molar-refractivity contribution in [2.75, 3.05) is 9.80 Å². The Balaban J connectivity index is 0.692. The lowest BCUT2D eigenvalue weighted by Crippen LogP contribution is -2.21. The molecule has 0 fully saturated rings. The van der Waals surface area contributed by atoms with Gasteiger partial charge >= 0.3 is 0 Å². The molecule has 0 spiro atoms. The number of hydrogen-bond acceptors (Lipinski definition) is 5. The molecule has 1 aliphatic rings. The van der Waals surface area contributed by atoms with Gasteiger partial charge in [0.2, 0.25) is 0 Å². The standard InChI is InChI=1S/C89H58N2S3/c1-89(2)74-32-10-5-24-64(74)70-31-17-37-79(88(70)89)91(78-34-12-7-26-66(78)69-30-19-41-84-87(69)72-28-9-14-39-81(72)93-84)76-36-16-22-60-52-57(44-49-63(60)76)59-45-50-67-73-53-58(46-51-82(73)94-85(67)54-59)55-42-47-61(48-43-55)90(75-35-15-21-56-20-3-4-23-62(56)75)77-33-11-6-25-65(77)68-29-18-40-83-86(68)71-27-8-13-38-80(71)92-83/h3-54H,1-2H3.